The van der Waals surface area contributed by atoms with Crippen molar-refractivity contribution >= 4 is 23.3 Å². The zero-order valence-electron chi connectivity index (χ0n) is 12.2. The van der Waals surface area contributed by atoms with Gasteiger partial charge in [0.1, 0.15) is 5.82 Å². The third kappa shape index (κ3) is 2.96. The molecule has 2 aromatic heterocycles. The molecule has 0 unspecified atom stereocenters. The van der Waals surface area contributed by atoms with Crippen molar-refractivity contribution in [2.45, 2.75) is 11.3 Å². The number of hydrogen-bond donors (Lipinski definition) is 1. The van der Waals surface area contributed by atoms with Gasteiger partial charge in [0.15, 0.2) is 5.65 Å². The van der Waals surface area contributed by atoms with Crippen molar-refractivity contribution in [1.82, 2.24) is 19.9 Å². The third-order valence-corrected chi connectivity index (χ3v) is 4.17. The predicted molar refractivity (Wildman–Crippen MR) is 87.2 cm³/mol. The molecule has 0 aliphatic carbocycles. The van der Waals surface area contributed by atoms with Crippen LogP contribution in [0.1, 0.15) is 16.2 Å². The van der Waals surface area contributed by atoms with Crippen LogP contribution in [-0.4, -0.2) is 33.3 Å². The fourth-order valence-corrected chi connectivity index (χ4v) is 2.87. The Hall–Kier alpha value is -2.34. The second-order valence-electron chi connectivity index (χ2n) is 4.75. The highest BCUT2D eigenvalue weighted by molar-refractivity contribution is 7.98. The Morgan fingerprint density at radius 1 is 1.18 bits per heavy atom. The summed E-state index contributed by atoms with van der Waals surface area (Å²) >= 11 is 1.57. The van der Waals surface area contributed by atoms with Gasteiger partial charge in [-0.05, 0) is 30.5 Å². The summed E-state index contributed by atoms with van der Waals surface area (Å²) in [6.07, 6.45) is 4.53. The number of fused-ring (bicyclic) bond motifs is 1. The molecule has 0 aliphatic rings. The Bertz CT molecular complexity index is 799. The summed E-state index contributed by atoms with van der Waals surface area (Å²) in [7, 11) is 0. The number of nitrogens with one attached hydrogen (secondary N) is 1. The first-order valence-electron chi connectivity index (χ1n) is 6.99. The standard InChI is InChI=1S/C16H16N4OS/c1-22-13-7-3-2-6-12(13)16(21)17-10-9-15-19-18-14-8-4-5-11-20(14)15/h2-8,11H,9-10H2,1H3,(H,17,21). The minimum atomic E-state index is -0.0567. The lowest BCUT2D eigenvalue weighted by molar-refractivity contribution is 0.0951. The number of aromatic nitrogens is 3. The van der Waals surface area contributed by atoms with Gasteiger partial charge in [0.05, 0.1) is 5.56 Å². The number of carbonyl (C=O) groups is 1. The number of amides is 1. The lowest BCUT2D eigenvalue weighted by Crippen LogP contribution is -2.26. The van der Waals surface area contributed by atoms with Crippen LogP contribution in [0.3, 0.4) is 0 Å². The van der Waals surface area contributed by atoms with Gasteiger partial charge < -0.3 is 5.32 Å². The number of thioether (sulfide) groups is 1. The SMILES string of the molecule is CSc1ccccc1C(=O)NCCc1nnc2ccccn12. The molecule has 2 heterocycles. The summed E-state index contributed by atoms with van der Waals surface area (Å²) in [4.78, 5) is 13.2. The van der Waals surface area contributed by atoms with Gasteiger partial charge in [-0.3, -0.25) is 9.20 Å². The van der Waals surface area contributed by atoms with Crippen molar-refractivity contribution in [3.63, 3.8) is 0 Å². The van der Waals surface area contributed by atoms with Crippen molar-refractivity contribution in [3.05, 3.63) is 60.0 Å². The van der Waals surface area contributed by atoms with Crippen LogP contribution in [0.5, 0.6) is 0 Å². The first-order chi connectivity index (χ1) is 10.8. The summed E-state index contributed by atoms with van der Waals surface area (Å²) in [5.74, 6) is 0.785. The average Bonchev–Trinajstić information content (AvgIpc) is 2.98. The first-order valence-corrected chi connectivity index (χ1v) is 8.22. The number of rotatable bonds is 5. The Kier molecular flexibility index (Phi) is 4.39. The third-order valence-electron chi connectivity index (χ3n) is 3.37. The molecule has 3 rings (SSSR count). The van der Waals surface area contributed by atoms with Crippen LogP contribution < -0.4 is 5.32 Å². The molecule has 5 nitrogen and oxygen atoms in total. The number of nitrogens with zero attached hydrogens (tertiary/aromatic N) is 3. The van der Waals surface area contributed by atoms with Crippen LogP contribution in [0.25, 0.3) is 5.65 Å². The Balaban J connectivity index is 1.64. The van der Waals surface area contributed by atoms with E-state index >= 15 is 0 Å². The smallest absolute Gasteiger partial charge is 0.252 e. The van der Waals surface area contributed by atoms with Crippen molar-refractivity contribution < 1.29 is 4.79 Å². The van der Waals surface area contributed by atoms with Crippen molar-refractivity contribution in [2.75, 3.05) is 12.8 Å². The summed E-state index contributed by atoms with van der Waals surface area (Å²) in [5.41, 5.74) is 1.53. The maximum absolute atomic E-state index is 12.2. The Morgan fingerprint density at radius 2 is 2.00 bits per heavy atom. The van der Waals surface area contributed by atoms with Gasteiger partial charge in [0.25, 0.3) is 5.91 Å². The van der Waals surface area contributed by atoms with E-state index in [9.17, 15) is 4.79 Å². The molecule has 22 heavy (non-hydrogen) atoms. The van der Waals surface area contributed by atoms with Crippen molar-refractivity contribution in [1.29, 1.82) is 0 Å². The van der Waals surface area contributed by atoms with E-state index in [-0.39, 0.29) is 5.91 Å². The zero-order chi connectivity index (χ0) is 15.4. The van der Waals surface area contributed by atoms with Crippen molar-refractivity contribution in [2.24, 2.45) is 0 Å². The van der Waals surface area contributed by atoms with Crippen LogP contribution in [0.15, 0.2) is 53.6 Å². The molecule has 6 heteroatoms. The van der Waals surface area contributed by atoms with E-state index in [0.717, 1.165) is 16.4 Å². The van der Waals surface area contributed by atoms with E-state index in [1.165, 1.54) is 0 Å². The highest BCUT2D eigenvalue weighted by Crippen LogP contribution is 2.19. The molecule has 0 fully saturated rings. The molecular weight excluding hydrogens is 296 g/mol. The van der Waals surface area contributed by atoms with E-state index in [1.54, 1.807) is 11.8 Å². The van der Waals surface area contributed by atoms with E-state index < -0.39 is 0 Å². The molecule has 0 bridgehead atoms. The molecule has 0 saturated carbocycles. The van der Waals surface area contributed by atoms with Crippen LogP contribution in [0, 0.1) is 0 Å². The largest absolute Gasteiger partial charge is 0.352 e. The lowest BCUT2D eigenvalue weighted by atomic mass is 10.2. The first kappa shape index (κ1) is 14.6. The number of pyridine rings is 1. The van der Waals surface area contributed by atoms with Gasteiger partial charge >= 0.3 is 0 Å². The molecule has 112 valence electrons. The molecule has 0 atom stereocenters. The fraction of sp³-hybridized carbons (Fsp3) is 0.188. The summed E-state index contributed by atoms with van der Waals surface area (Å²) in [5, 5.41) is 11.2. The average molecular weight is 312 g/mol. The topological polar surface area (TPSA) is 59.3 Å². The van der Waals surface area contributed by atoms with Crippen molar-refractivity contribution in [3.8, 4) is 0 Å². The highest BCUT2D eigenvalue weighted by Gasteiger charge is 2.10. The molecule has 0 saturated heterocycles. The summed E-state index contributed by atoms with van der Waals surface area (Å²) in [6.45, 7) is 0.525. The van der Waals surface area contributed by atoms with Crippen LogP contribution in [0.4, 0.5) is 0 Å². The van der Waals surface area contributed by atoms with Gasteiger partial charge in [-0.15, -0.1) is 22.0 Å². The summed E-state index contributed by atoms with van der Waals surface area (Å²) < 4.78 is 1.93. The molecule has 1 aromatic carbocycles. The highest BCUT2D eigenvalue weighted by atomic mass is 32.2. The molecule has 0 spiro atoms. The summed E-state index contributed by atoms with van der Waals surface area (Å²) in [6, 6.07) is 13.4. The van der Waals surface area contributed by atoms with Gasteiger partial charge in [-0.25, -0.2) is 0 Å². The van der Waals surface area contributed by atoms with Crippen LogP contribution in [-0.2, 0) is 6.42 Å². The molecule has 0 aliphatic heterocycles. The predicted octanol–water partition coefficient (Wildman–Crippen LogP) is 2.42. The maximum atomic E-state index is 12.2. The second-order valence-corrected chi connectivity index (χ2v) is 5.60. The molecule has 1 N–H and O–H groups in total. The van der Waals surface area contributed by atoms with E-state index in [0.29, 0.717) is 18.5 Å². The van der Waals surface area contributed by atoms with Gasteiger partial charge in [0.2, 0.25) is 0 Å². The van der Waals surface area contributed by atoms with E-state index in [1.807, 2.05) is 59.3 Å². The number of carbonyl (C=O) groups excluding carboxylic acids is 1. The van der Waals surface area contributed by atoms with E-state index in [4.69, 9.17) is 0 Å². The Labute approximate surface area is 132 Å². The Morgan fingerprint density at radius 3 is 2.86 bits per heavy atom. The number of hydrogen-bond acceptors (Lipinski definition) is 4. The minimum absolute atomic E-state index is 0.0567. The lowest BCUT2D eigenvalue weighted by Gasteiger charge is -2.08. The van der Waals surface area contributed by atoms with Gasteiger partial charge in [-0.2, -0.15) is 0 Å². The van der Waals surface area contributed by atoms with Crippen LogP contribution in [0.2, 0.25) is 0 Å². The second kappa shape index (κ2) is 6.62. The number of benzene rings is 1. The van der Waals surface area contributed by atoms with Gasteiger partial charge in [-0.1, -0.05) is 18.2 Å². The monoisotopic (exact) mass is 312 g/mol. The van der Waals surface area contributed by atoms with Crippen LogP contribution >= 0.6 is 11.8 Å². The fourth-order valence-electron chi connectivity index (χ4n) is 2.28. The normalized spacial score (nSPS) is 10.8. The molecular formula is C16H16N4OS. The van der Waals surface area contributed by atoms with E-state index in [2.05, 4.69) is 15.5 Å². The molecule has 0 radical (unpaired) electrons. The quantitative estimate of drug-likeness (QED) is 0.735. The minimum Gasteiger partial charge on any atom is -0.352 e. The zero-order valence-corrected chi connectivity index (χ0v) is 13.0. The maximum Gasteiger partial charge on any atom is 0.252 e. The van der Waals surface area contributed by atoms with Gasteiger partial charge in [0, 0.05) is 24.1 Å². The molecule has 1 amide bonds. The molecule has 3 aromatic rings.